The second-order valence-corrected chi connectivity index (χ2v) is 6.82. The Kier molecular flexibility index (Phi) is 10.2. The predicted octanol–water partition coefficient (Wildman–Crippen LogP) is 0.917. The quantitative estimate of drug-likeness (QED) is 0.434. The number of ether oxygens (including phenoxy) is 1. The van der Waals surface area contributed by atoms with E-state index in [1.807, 2.05) is 6.92 Å². The van der Waals surface area contributed by atoms with Crippen LogP contribution in [-0.2, 0) is 4.74 Å². The van der Waals surface area contributed by atoms with Crippen molar-refractivity contribution in [1.82, 2.24) is 15.5 Å². The van der Waals surface area contributed by atoms with Crippen molar-refractivity contribution in [3.63, 3.8) is 0 Å². The summed E-state index contributed by atoms with van der Waals surface area (Å²) in [5.74, 6) is 1.70. The normalized spacial score (nSPS) is 19.7. The average molecular weight is 329 g/mol. The van der Waals surface area contributed by atoms with Crippen molar-refractivity contribution in [2.24, 2.45) is 16.8 Å². The van der Waals surface area contributed by atoms with Crippen LogP contribution < -0.4 is 10.6 Å². The first-order chi connectivity index (χ1) is 11.1. The number of hydrogen-bond donors (Lipinski definition) is 3. The first-order valence-electron chi connectivity index (χ1n) is 9.01. The van der Waals surface area contributed by atoms with Gasteiger partial charge in [0.1, 0.15) is 0 Å². The van der Waals surface area contributed by atoms with E-state index >= 15 is 0 Å². The van der Waals surface area contributed by atoms with Crippen molar-refractivity contribution < 1.29 is 9.84 Å². The van der Waals surface area contributed by atoms with E-state index in [0.717, 1.165) is 45.4 Å². The molecule has 136 valence electrons. The van der Waals surface area contributed by atoms with Gasteiger partial charge in [0.15, 0.2) is 5.96 Å². The summed E-state index contributed by atoms with van der Waals surface area (Å²) in [4.78, 5) is 7.10. The maximum atomic E-state index is 9.14. The summed E-state index contributed by atoms with van der Waals surface area (Å²) in [6.45, 7) is 14.8. The van der Waals surface area contributed by atoms with Crippen LogP contribution in [0.5, 0.6) is 0 Å². The molecule has 1 fully saturated rings. The Morgan fingerprint density at radius 2 is 1.91 bits per heavy atom. The van der Waals surface area contributed by atoms with E-state index in [1.165, 1.54) is 6.42 Å². The highest BCUT2D eigenvalue weighted by atomic mass is 16.5. The maximum absolute atomic E-state index is 9.14. The van der Waals surface area contributed by atoms with Gasteiger partial charge in [0.05, 0.1) is 13.2 Å². The molecule has 1 saturated heterocycles. The summed E-state index contributed by atoms with van der Waals surface area (Å²) in [5, 5.41) is 15.9. The van der Waals surface area contributed by atoms with Crippen LogP contribution in [0.2, 0.25) is 0 Å². The third-order valence-electron chi connectivity index (χ3n) is 4.03. The maximum Gasteiger partial charge on any atom is 0.191 e. The summed E-state index contributed by atoms with van der Waals surface area (Å²) in [6, 6.07) is 0.498. The summed E-state index contributed by atoms with van der Waals surface area (Å²) in [6.07, 6.45) is 1.17. The minimum absolute atomic E-state index is 0.173. The zero-order valence-corrected chi connectivity index (χ0v) is 15.3. The summed E-state index contributed by atoms with van der Waals surface area (Å²) in [7, 11) is 0. The van der Waals surface area contributed by atoms with Gasteiger partial charge < -0.3 is 20.5 Å². The zero-order chi connectivity index (χ0) is 17.1. The molecule has 0 saturated carbocycles. The molecule has 0 amide bonds. The molecular formula is C17H36N4O2. The molecule has 0 bridgehead atoms. The van der Waals surface area contributed by atoms with Gasteiger partial charge in [-0.3, -0.25) is 9.89 Å². The van der Waals surface area contributed by atoms with Crippen LogP contribution in [0.25, 0.3) is 0 Å². The topological polar surface area (TPSA) is 69.1 Å². The molecule has 23 heavy (non-hydrogen) atoms. The van der Waals surface area contributed by atoms with E-state index in [4.69, 9.17) is 9.84 Å². The SMILES string of the molecule is CCNC(=NCC(C)CO)NCC(CC(C)C)N1CCOCC1. The standard InChI is InChI=1S/C17H36N4O2/c1-5-18-17(19-11-15(4)13-22)20-12-16(10-14(2)3)21-6-8-23-9-7-21/h14-16,22H,5-13H2,1-4H3,(H2,18,19,20). The van der Waals surface area contributed by atoms with Crippen LogP contribution in [0, 0.1) is 11.8 Å². The van der Waals surface area contributed by atoms with Crippen molar-refractivity contribution in [2.45, 2.75) is 40.2 Å². The Morgan fingerprint density at radius 3 is 2.48 bits per heavy atom. The van der Waals surface area contributed by atoms with Crippen molar-refractivity contribution in [2.75, 3.05) is 52.5 Å². The zero-order valence-electron chi connectivity index (χ0n) is 15.3. The number of morpholine rings is 1. The molecular weight excluding hydrogens is 292 g/mol. The number of nitrogens with zero attached hydrogens (tertiary/aromatic N) is 2. The van der Waals surface area contributed by atoms with Crippen LogP contribution in [0.4, 0.5) is 0 Å². The molecule has 1 aliphatic heterocycles. The number of rotatable bonds is 9. The van der Waals surface area contributed by atoms with E-state index in [-0.39, 0.29) is 12.5 Å². The van der Waals surface area contributed by atoms with Crippen LogP contribution in [0.1, 0.15) is 34.1 Å². The van der Waals surface area contributed by atoms with E-state index < -0.39 is 0 Å². The van der Waals surface area contributed by atoms with Gasteiger partial charge in [-0.25, -0.2) is 0 Å². The minimum Gasteiger partial charge on any atom is -0.396 e. The van der Waals surface area contributed by atoms with Gasteiger partial charge in [-0.05, 0) is 25.2 Å². The first-order valence-corrected chi connectivity index (χ1v) is 9.01. The van der Waals surface area contributed by atoms with E-state index in [0.29, 0.717) is 18.5 Å². The molecule has 1 rings (SSSR count). The first kappa shape index (κ1) is 20.2. The molecule has 6 heteroatoms. The van der Waals surface area contributed by atoms with Gasteiger partial charge in [0, 0.05) is 45.4 Å². The lowest BCUT2D eigenvalue weighted by Gasteiger charge is -2.35. The van der Waals surface area contributed by atoms with Crippen LogP contribution in [0.15, 0.2) is 4.99 Å². The van der Waals surface area contributed by atoms with E-state index in [1.54, 1.807) is 0 Å². The fourth-order valence-electron chi connectivity index (χ4n) is 2.71. The lowest BCUT2D eigenvalue weighted by molar-refractivity contribution is 0.0132. The fourth-order valence-corrected chi connectivity index (χ4v) is 2.71. The molecule has 0 aliphatic carbocycles. The van der Waals surface area contributed by atoms with Crippen molar-refractivity contribution in [3.05, 3.63) is 0 Å². The van der Waals surface area contributed by atoms with Crippen molar-refractivity contribution in [3.8, 4) is 0 Å². The molecule has 0 aromatic carbocycles. The van der Waals surface area contributed by atoms with Gasteiger partial charge in [0.2, 0.25) is 0 Å². The molecule has 0 aromatic heterocycles. The Hall–Kier alpha value is -0.850. The molecule has 0 spiro atoms. The van der Waals surface area contributed by atoms with Crippen molar-refractivity contribution in [1.29, 1.82) is 0 Å². The summed E-state index contributed by atoms with van der Waals surface area (Å²) in [5.41, 5.74) is 0. The Labute approximate surface area is 141 Å². The Bertz CT molecular complexity index is 331. The minimum atomic E-state index is 0.173. The average Bonchev–Trinajstić information content (AvgIpc) is 2.56. The summed E-state index contributed by atoms with van der Waals surface area (Å²) < 4.78 is 5.47. The number of guanidine groups is 1. The van der Waals surface area contributed by atoms with Gasteiger partial charge in [-0.2, -0.15) is 0 Å². The van der Waals surface area contributed by atoms with Crippen LogP contribution in [0.3, 0.4) is 0 Å². The highest BCUT2D eigenvalue weighted by molar-refractivity contribution is 5.79. The van der Waals surface area contributed by atoms with Gasteiger partial charge in [-0.15, -0.1) is 0 Å². The molecule has 3 N–H and O–H groups in total. The number of aliphatic hydroxyl groups is 1. The summed E-state index contributed by atoms with van der Waals surface area (Å²) >= 11 is 0. The van der Waals surface area contributed by atoms with Crippen molar-refractivity contribution >= 4 is 5.96 Å². The van der Waals surface area contributed by atoms with Crippen LogP contribution in [-0.4, -0.2) is 74.6 Å². The van der Waals surface area contributed by atoms with E-state index in [9.17, 15) is 0 Å². The van der Waals surface area contributed by atoms with Gasteiger partial charge >= 0.3 is 0 Å². The molecule has 0 radical (unpaired) electrons. The van der Waals surface area contributed by atoms with Gasteiger partial charge in [-0.1, -0.05) is 20.8 Å². The highest BCUT2D eigenvalue weighted by Gasteiger charge is 2.22. The smallest absolute Gasteiger partial charge is 0.191 e. The number of nitrogens with one attached hydrogen (secondary N) is 2. The lowest BCUT2D eigenvalue weighted by atomic mass is 10.0. The second-order valence-electron chi connectivity index (χ2n) is 6.82. The number of aliphatic imine (C=N–C) groups is 1. The predicted molar refractivity (Wildman–Crippen MR) is 95.9 cm³/mol. The third-order valence-corrected chi connectivity index (χ3v) is 4.03. The Morgan fingerprint density at radius 1 is 1.22 bits per heavy atom. The molecule has 6 nitrogen and oxygen atoms in total. The molecule has 1 heterocycles. The van der Waals surface area contributed by atoms with Crippen LogP contribution >= 0.6 is 0 Å². The molecule has 1 aliphatic rings. The van der Waals surface area contributed by atoms with Gasteiger partial charge in [0.25, 0.3) is 0 Å². The van der Waals surface area contributed by atoms with E-state index in [2.05, 4.69) is 41.3 Å². The Balaban J connectivity index is 2.57. The third kappa shape index (κ3) is 8.53. The lowest BCUT2D eigenvalue weighted by Crippen LogP contribution is -2.51. The largest absolute Gasteiger partial charge is 0.396 e. The molecule has 0 aromatic rings. The highest BCUT2D eigenvalue weighted by Crippen LogP contribution is 2.13. The second kappa shape index (κ2) is 11.6. The molecule has 2 atom stereocenters. The number of hydrogen-bond acceptors (Lipinski definition) is 4. The molecule has 2 unspecified atom stereocenters. The monoisotopic (exact) mass is 328 g/mol. The number of aliphatic hydroxyl groups excluding tert-OH is 1. The fraction of sp³-hybridized carbons (Fsp3) is 0.941.